The van der Waals surface area contributed by atoms with E-state index in [-0.39, 0.29) is 23.5 Å². The Labute approximate surface area is 170 Å². The Morgan fingerprint density at radius 2 is 1.86 bits per heavy atom. The first-order chi connectivity index (χ1) is 13.6. The first-order valence-corrected chi connectivity index (χ1v) is 10.7. The lowest BCUT2D eigenvalue weighted by Crippen LogP contribution is -3.13. The fourth-order valence-electron chi connectivity index (χ4n) is 3.84. The van der Waals surface area contributed by atoms with Crippen molar-refractivity contribution in [1.82, 2.24) is 4.90 Å². The average molecular weight is 397 g/mol. The monoisotopic (exact) mass is 396 g/mol. The number of amides is 2. The van der Waals surface area contributed by atoms with E-state index in [2.05, 4.69) is 36.5 Å². The summed E-state index contributed by atoms with van der Waals surface area (Å²) in [5.74, 6) is 0.0165. The van der Waals surface area contributed by atoms with Gasteiger partial charge in [0.05, 0.1) is 37.1 Å². The molecule has 0 spiro atoms. The van der Waals surface area contributed by atoms with Crippen LogP contribution in [0.4, 0.5) is 5.69 Å². The zero-order chi connectivity index (χ0) is 19.5. The van der Waals surface area contributed by atoms with E-state index >= 15 is 0 Å². The fraction of sp³-hybridized carbons (Fsp3) is 0.364. The fourth-order valence-corrected chi connectivity index (χ4v) is 4.94. The minimum Gasteiger partial charge on any atom is -0.331 e. The van der Waals surface area contributed by atoms with Crippen molar-refractivity contribution in [3.05, 3.63) is 59.7 Å². The molecule has 2 aromatic carbocycles. The molecule has 2 heterocycles. The number of aryl methyl sites for hydroxylation is 1. The van der Waals surface area contributed by atoms with Crippen molar-refractivity contribution >= 4 is 29.3 Å². The van der Waals surface area contributed by atoms with Crippen LogP contribution in [0.25, 0.3) is 0 Å². The maximum absolute atomic E-state index is 12.8. The van der Waals surface area contributed by atoms with Crippen LogP contribution < -0.4 is 10.2 Å². The van der Waals surface area contributed by atoms with Gasteiger partial charge in [-0.15, -0.1) is 11.8 Å². The number of nitrogens with one attached hydrogen (secondary N) is 2. The zero-order valence-corrected chi connectivity index (χ0v) is 16.9. The van der Waals surface area contributed by atoms with Crippen LogP contribution in [-0.4, -0.2) is 48.1 Å². The molecule has 146 valence electrons. The molecule has 0 radical (unpaired) electrons. The summed E-state index contributed by atoms with van der Waals surface area (Å²) in [4.78, 5) is 29.6. The lowest BCUT2D eigenvalue weighted by molar-refractivity contribution is -0.917. The first-order valence-electron chi connectivity index (χ1n) is 9.82. The second-order valence-corrected chi connectivity index (χ2v) is 8.77. The maximum Gasteiger partial charge on any atom is 0.238 e. The van der Waals surface area contributed by atoms with E-state index in [1.54, 1.807) is 0 Å². The van der Waals surface area contributed by atoms with Crippen molar-refractivity contribution in [1.29, 1.82) is 0 Å². The Balaban J connectivity index is 1.30. The van der Waals surface area contributed by atoms with Gasteiger partial charge in [-0.2, -0.15) is 0 Å². The molecule has 2 N–H and O–H groups in total. The van der Waals surface area contributed by atoms with Crippen LogP contribution in [0.1, 0.15) is 17.5 Å². The van der Waals surface area contributed by atoms with Gasteiger partial charge in [-0.3, -0.25) is 9.59 Å². The number of thioether (sulfide) groups is 1. The highest BCUT2D eigenvalue weighted by molar-refractivity contribution is 8.01. The van der Waals surface area contributed by atoms with Gasteiger partial charge in [-0.25, -0.2) is 0 Å². The number of quaternary nitrogens is 1. The molecule has 2 amide bonds. The van der Waals surface area contributed by atoms with Crippen LogP contribution in [0, 0.1) is 6.92 Å². The summed E-state index contributed by atoms with van der Waals surface area (Å²) in [6.07, 6.45) is 0.262. The molecule has 1 atom stereocenters. The highest BCUT2D eigenvalue weighted by Gasteiger charge is 2.32. The third-order valence-electron chi connectivity index (χ3n) is 5.59. The second kappa shape index (κ2) is 8.37. The minimum absolute atomic E-state index is 0.0686. The molecule has 6 heteroatoms. The summed E-state index contributed by atoms with van der Waals surface area (Å²) in [7, 11) is 0. The van der Waals surface area contributed by atoms with Crippen LogP contribution in [0.5, 0.6) is 0 Å². The molecule has 1 saturated heterocycles. The normalized spacial score (nSPS) is 19.8. The third kappa shape index (κ3) is 4.23. The molecular weight excluding hydrogens is 370 g/mol. The number of rotatable bonds is 4. The number of anilines is 1. The molecule has 0 bridgehead atoms. The molecule has 2 aliphatic rings. The van der Waals surface area contributed by atoms with Crippen molar-refractivity contribution in [3.63, 3.8) is 0 Å². The van der Waals surface area contributed by atoms with E-state index in [0.717, 1.165) is 43.3 Å². The molecular formula is C22H26N3O2S+. The zero-order valence-electron chi connectivity index (χ0n) is 16.1. The molecule has 1 fully saturated rings. The van der Waals surface area contributed by atoms with Crippen LogP contribution >= 0.6 is 11.8 Å². The SMILES string of the molecule is Cc1ccccc1C[NH+]1CCN(C(=O)C[C@H]2Sc3ccccc3NC2=O)CC1. The van der Waals surface area contributed by atoms with Crippen molar-refractivity contribution in [2.45, 2.75) is 30.0 Å². The molecule has 2 aromatic rings. The predicted molar refractivity (Wildman–Crippen MR) is 111 cm³/mol. The standard InChI is InChI=1S/C22H25N3O2S/c1-16-6-2-3-7-17(16)15-24-10-12-25(13-11-24)21(26)14-20-22(27)23-18-8-4-5-9-19(18)28-20/h2-9,20H,10-15H2,1H3,(H,23,27)/p+1/t20-/m1/s1. The maximum atomic E-state index is 12.8. The number of nitrogens with zero attached hydrogens (tertiary/aromatic N) is 1. The lowest BCUT2D eigenvalue weighted by atomic mass is 10.1. The van der Waals surface area contributed by atoms with E-state index in [1.807, 2.05) is 29.2 Å². The number of hydrogen-bond donors (Lipinski definition) is 2. The summed E-state index contributed by atoms with van der Waals surface area (Å²) in [5.41, 5.74) is 3.55. The number of piperazine rings is 1. The number of benzene rings is 2. The smallest absolute Gasteiger partial charge is 0.238 e. The van der Waals surface area contributed by atoms with E-state index in [1.165, 1.54) is 27.8 Å². The van der Waals surface area contributed by atoms with Crippen LogP contribution in [0.3, 0.4) is 0 Å². The topological polar surface area (TPSA) is 53.9 Å². The summed E-state index contributed by atoms with van der Waals surface area (Å²) in [6, 6.07) is 16.3. The van der Waals surface area contributed by atoms with Gasteiger partial charge in [-0.1, -0.05) is 36.4 Å². The van der Waals surface area contributed by atoms with Gasteiger partial charge in [0.1, 0.15) is 6.54 Å². The van der Waals surface area contributed by atoms with Crippen molar-refractivity contribution < 1.29 is 14.5 Å². The lowest BCUT2D eigenvalue weighted by Gasteiger charge is -2.33. The highest BCUT2D eigenvalue weighted by atomic mass is 32.2. The Hall–Kier alpha value is -2.31. The molecule has 2 aliphatic heterocycles. The van der Waals surface area contributed by atoms with Gasteiger partial charge in [0, 0.05) is 16.9 Å². The Morgan fingerprint density at radius 3 is 2.64 bits per heavy atom. The Bertz CT molecular complexity index is 878. The molecule has 0 unspecified atom stereocenters. The van der Waals surface area contributed by atoms with Crippen LogP contribution in [0.15, 0.2) is 53.4 Å². The quantitative estimate of drug-likeness (QED) is 0.828. The van der Waals surface area contributed by atoms with E-state index in [4.69, 9.17) is 0 Å². The number of para-hydroxylation sites is 1. The molecule has 0 saturated carbocycles. The first kappa shape index (κ1) is 19.0. The van der Waals surface area contributed by atoms with E-state index in [0.29, 0.717) is 0 Å². The Kier molecular flexibility index (Phi) is 5.69. The Morgan fingerprint density at radius 1 is 1.14 bits per heavy atom. The van der Waals surface area contributed by atoms with Crippen molar-refractivity contribution in [2.75, 3.05) is 31.5 Å². The van der Waals surface area contributed by atoms with E-state index in [9.17, 15) is 9.59 Å². The molecule has 0 aliphatic carbocycles. The number of hydrogen-bond acceptors (Lipinski definition) is 3. The van der Waals surface area contributed by atoms with Crippen LogP contribution in [0.2, 0.25) is 0 Å². The molecule has 28 heavy (non-hydrogen) atoms. The van der Waals surface area contributed by atoms with Gasteiger partial charge in [0.25, 0.3) is 0 Å². The summed E-state index contributed by atoms with van der Waals surface area (Å²) in [6.45, 7) is 6.58. The molecule has 4 rings (SSSR count). The summed E-state index contributed by atoms with van der Waals surface area (Å²) >= 11 is 1.50. The third-order valence-corrected chi connectivity index (χ3v) is 6.87. The number of carbonyl (C=O) groups excluding carboxylic acids is 2. The average Bonchev–Trinajstić information content (AvgIpc) is 2.71. The van der Waals surface area contributed by atoms with Crippen LogP contribution in [-0.2, 0) is 16.1 Å². The minimum atomic E-state index is -0.347. The highest BCUT2D eigenvalue weighted by Crippen LogP contribution is 2.36. The van der Waals surface area contributed by atoms with Gasteiger partial charge in [0.2, 0.25) is 11.8 Å². The predicted octanol–water partition coefficient (Wildman–Crippen LogP) is 1.73. The van der Waals surface area contributed by atoms with Crippen molar-refractivity contribution in [2.24, 2.45) is 0 Å². The van der Waals surface area contributed by atoms with Crippen molar-refractivity contribution in [3.8, 4) is 0 Å². The van der Waals surface area contributed by atoms with Gasteiger partial charge >= 0.3 is 0 Å². The van der Waals surface area contributed by atoms with Gasteiger partial charge in [-0.05, 0) is 24.6 Å². The van der Waals surface area contributed by atoms with E-state index < -0.39 is 0 Å². The largest absolute Gasteiger partial charge is 0.331 e. The molecule has 0 aromatic heterocycles. The molecule has 5 nitrogen and oxygen atoms in total. The summed E-state index contributed by atoms with van der Waals surface area (Å²) in [5, 5.41) is 2.58. The number of fused-ring (bicyclic) bond motifs is 1. The summed E-state index contributed by atoms with van der Waals surface area (Å²) < 4.78 is 0. The van der Waals surface area contributed by atoms with Gasteiger partial charge in [0.15, 0.2) is 0 Å². The van der Waals surface area contributed by atoms with Gasteiger partial charge < -0.3 is 15.1 Å². The number of carbonyl (C=O) groups is 2. The second-order valence-electron chi connectivity index (χ2n) is 7.53.